The minimum Gasteiger partial charge on any atom is -0.472 e. The van der Waals surface area contributed by atoms with Crippen LogP contribution in [0.5, 0.6) is 0 Å². The molecule has 5 heteroatoms. The number of nitrogens with zero attached hydrogens (tertiary/aromatic N) is 3. The largest absolute Gasteiger partial charge is 0.472 e. The van der Waals surface area contributed by atoms with Gasteiger partial charge in [0.1, 0.15) is 12.7 Å². The zero-order valence-corrected chi connectivity index (χ0v) is 18.5. The maximum Gasteiger partial charge on any atom is 0.263 e. The van der Waals surface area contributed by atoms with Gasteiger partial charge >= 0.3 is 0 Å². The van der Waals surface area contributed by atoms with Gasteiger partial charge in [-0.15, -0.1) is 0 Å². The Kier molecular flexibility index (Phi) is 9.11. The maximum atomic E-state index is 5.90. The predicted octanol–water partition coefficient (Wildman–Crippen LogP) is 5.71. The van der Waals surface area contributed by atoms with Gasteiger partial charge in [-0.1, -0.05) is 86.8 Å². The van der Waals surface area contributed by atoms with Gasteiger partial charge < -0.3 is 10.1 Å². The van der Waals surface area contributed by atoms with Gasteiger partial charge in [0.15, 0.2) is 0 Å². The topological polar surface area (TPSA) is 52.0 Å². The van der Waals surface area contributed by atoms with Crippen LogP contribution in [0, 0.1) is 0 Å². The van der Waals surface area contributed by atoms with Crippen LogP contribution in [0.4, 0.5) is 0 Å². The normalized spacial score (nSPS) is 11.5. The Labute approximate surface area is 185 Å². The minimum absolute atomic E-state index is 0.0239. The summed E-state index contributed by atoms with van der Waals surface area (Å²) in [4.78, 5) is 4.07. The number of ether oxygens (including phenoxy) is 1. The van der Waals surface area contributed by atoms with Crippen LogP contribution in [0.2, 0.25) is 0 Å². The van der Waals surface area contributed by atoms with E-state index in [4.69, 9.17) is 4.74 Å². The molecule has 162 valence electrons. The van der Waals surface area contributed by atoms with Crippen molar-refractivity contribution in [1.82, 2.24) is 20.1 Å². The highest BCUT2D eigenvalue weighted by Gasteiger charge is 2.19. The molecule has 0 fully saturated rings. The first-order valence-corrected chi connectivity index (χ1v) is 11.2. The molecule has 0 saturated carbocycles. The second-order valence-electron chi connectivity index (χ2n) is 7.34. The summed E-state index contributed by atoms with van der Waals surface area (Å²) >= 11 is 0. The second-order valence-corrected chi connectivity index (χ2v) is 7.34. The summed E-state index contributed by atoms with van der Waals surface area (Å²) in [5.41, 5.74) is 6.83. The molecule has 31 heavy (non-hydrogen) atoms. The lowest BCUT2D eigenvalue weighted by Gasteiger charge is -2.22. The van der Waals surface area contributed by atoms with E-state index in [0.717, 1.165) is 24.1 Å². The van der Waals surface area contributed by atoms with Crippen LogP contribution >= 0.6 is 0 Å². The van der Waals surface area contributed by atoms with E-state index in [0.29, 0.717) is 12.5 Å². The number of rotatable bonds is 12. The summed E-state index contributed by atoms with van der Waals surface area (Å²) in [5.74, 6) is 0.535. The van der Waals surface area contributed by atoms with E-state index in [1.807, 2.05) is 19.1 Å². The van der Waals surface area contributed by atoms with Crippen molar-refractivity contribution in [2.45, 2.75) is 45.6 Å². The Morgan fingerprint density at radius 1 is 1.00 bits per heavy atom. The van der Waals surface area contributed by atoms with Crippen molar-refractivity contribution in [3.05, 3.63) is 90.2 Å². The average molecular weight is 417 g/mol. The molecule has 1 unspecified atom stereocenters. The highest BCUT2D eigenvalue weighted by molar-refractivity contribution is 5.73. The fraction of sp³-hybridized carbons (Fsp3) is 0.346. The van der Waals surface area contributed by atoms with Gasteiger partial charge in [-0.2, -0.15) is 9.78 Å². The number of hydrogen-bond acceptors (Lipinski definition) is 4. The molecule has 0 aliphatic rings. The highest BCUT2D eigenvalue weighted by Crippen LogP contribution is 2.30. The van der Waals surface area contributed by atoms with E-state index in [9.17, 15) is 0 Å². The van der Waals surface area contributed by atoms with Crippen molar-refractivity contribution in [2.75, 3.05) is 13.2 Å². The Balaban J connectivity index is 2.08. The lowest BCUT2D eigenvalue weighted by molar-refractivity contribution is 0.272. The van der Waals surface area contributed by atoms with Gasteiger partial charge in [0.25, 0.3) is 5.88 Å². The molecule has 1 N–H and O–H groups in total. The van der Waals surface area contributed by atoms with Gasteiger partial charge in [-0.25, -0.2) is 4.98 Å². The lowest BCUT2D eigenvalue weighted by atomic mass is 9.93. The molecule has 1 atom stereocenters. The SMILES string of the molecule is CCCCCCNC(C(=C=C(OCC)n1cncn1)c1ccccc1)c1ccccc1. The lowest BCUT2D eigenvalue weighted by Crippen LogP contribution is -2.24. The number of benzene rings is 2. The molecule has 3 rings (SSSR count). The first-order chi connectivity index (χ1) is 15.3. The summed E-state index contributed by atoms with van der Waals surface area (Å²) in [6, 6.07) is 20.9. The monoisotopic (exact) mass is 416 g/mol. The van der Waals surface area contributed by atoms with E-state index >= 15 is 0 Å². The zero-order chi connectivity index (χ0) is 21.7. The summed E-state index contributed by atoms with van der Waals surface area (Å²) < 4.78 is 7.52. The van der Waals surface area contributed by atoms with Crippen molar-refractivity contribution in [2.24, 2.45) is 0 Å². The van der Waals surface area contributed by atoms with Crippen molar-refractivity contribution >= 4 is 11.5 Å². The molecule has 0 spiro atoms. The molecule has 0 saturated heterocycles. The average Bonchev–Trinajstić information content (AvgIpc) is 3.36. The van der Waals surface area contributed by atoms with Crippen LogP contribution in [0.3, 0.4) is 0 Å². The molecule has 1 heterocycles. The standard InChI is InChI=1S/C26H32N4O/c1-3-5-6-13-18-28-26(23-16-11-8-12-17-23)24(22-14-9-7-10-15-22)19-25(31-4-2)30-21-27-20-29-30/h7-12,14-17,20-21,26,28H,3-6,13,18H2,1-2H3. The van der Waals surface area contributed by atoms with E-state index in [1.165, 1.54) is 31.2 Å². The van der Waals surface area contributed by atoms with Gasteiger partial charge in [0.05, 0.1) is 12.6 Å². The molecule has 5 nitrogen and oxygen atoms in total. The molecular weight excluding hydrogens is 384 g/mol. The van der Waals surface area contributed by atoms with Gasteiger partial charge in [-0.05, 0) is 36.7 Å². The molecule has 0 bridgehead atoms. The van der Waals surface area contributed by atoms with Crippen LogP contribution < -0.4 is 5.32 Å². The molecule has 2 aromatic carbocycles. The van der Waals surface area contributed by atoms with Gasteiger partial charge in [0.2, 0.25) is 0 Å². The van der Waals surface area contributed by atoms with E-state index in [1.54, 1.807) is 11.0 Å². The molecule has 3 aromatic rings. The van der Waals surface area contributed by atoms with Gasteiger partial charge in [-0.3, -0.25) is 0 Å². The fourth-order valence-electron chi connectivity index (χ4n) is 3.48. The Morgan fingerprint density at radius 3 is 2.39 bits per heavy atom. The first kappa shape index (κ1) is 22.5. The summed E-state index contributed by atoms with van der Waals surface area (Å²) in [6.45, 7) is 5.65. The Bertz CT molecular complexity index is 946. The fourth-order valence-corrected chi connectivity index (χ4v) is 3.48. The highest BCUT2D eigenvalue weighted by atomic mass is 16.5. The summed E-state index contributed by atoms with van der Waals surface area (Å²) in [5, 5.41) is 8.03. The predicted molar refractivity (Wildman–Crippen MR) is 126 cm³/mol. The molecule has 0 radical (unpaired) electrons. The summed E-state index contributed by atoms with van der Waals surface area (Å²) in [7, 11) is 0. The molecule has 1 aromatic heterocycles. The van der Waals surface area contributed by atoms with E-state index in [2.05, 4.69) is 76.6 Å². The first-order valence-electron chi connectivity index (χ1n) is 11.2. The van der Waals surface area contributed by atoms with Crippen LogP contribution in [0.25, 0.3) is 11.5 Å². The van der Waals surface area contributed by atoms with Crippen LogP contribution in [0.1, 0.15) is 56.7 Å². The third-order valence-corrected chi connectivity index (χ3v) is 5.03. The van der Waals surface area contributed by atoms with Gasteiger partial charge in [0, 0.05) is 5.57 Å². The Hall–Kier alpha value is -3.14. The second kappa shape index (κ2) is 12.5. The number of nitrogens with one attached hydrogen (secondary N) is 1. The van der Waals surface area contributed by atoms with Crippen molar-refractivity contribution in [1.29, 1.82) is 0 Å². The van der Waals surface area contributed by atoms with Crippen molar-refractivity contribution in [3.63, 3.8) is 0 Å². The third kappa shape index (κ3) is 6.68. The van der Waals surface area contributed by atoms with Crippen LogP contribution in [0.15, 0.2) is 79.0 Å². The quantitative estimate of drug-likeness (QED) is 0.233. The zero-order valence-electron chi connectivity index (χ0n) is 18.5. The smallest absolute Gasteiger partial charge is 0.263 e. The van der Waals surface area contributed by atoms with Crippen LogP contribution in [-0.4, -0.2) is 27.9 Å². The molecule has 0 aliphatic carbocycles. The van der Waals surface area contributed by atoms with Crippen molar-refractivity contribution < 1.29 is 4.74 Å². The van der Waals surface area contributed by atoms with Crippen molar-refractivity contribution in [3.8, 4) is 0 Å². The van der Waals surface area contributed by atoms with E-state index < -0.39 is 0 Å². The molecule has 0 aliphatic heterocycles. The van der Waals surface area contributed by atoms with E-state index in [-0.39, 0.29) is 6.04 Å². The minimum atomic E-state index is -0.0239. The maximum absolute atomic E-state index is 5.90. The summed E-state index contributed by atoms with van der Waals surface area (Å²) in [6.07, 6.45) is 8.01. The third-order valence-electron chi connectivity index (χ3n) is 5.03. The number of unbranched alkanes of at least 4 members (excludes halogenated alkanes) is 3. The number of aromatic nitrogens is 3. The number of hydrogen-bond donors (Lipinski definition) is 1. The molecular formula is C26H32N4O. The van der Waals surface area contributed by atoms with Crippen LogP contribution in [-0.2, 0) is 4.74 Å². The molecule has 0 amide bonds. The Morgan fingerprint density at radius 2 is 1.74 bits per heavy atom.